The van der Waals surface area contributed by atoms with Crippen LogP contribution in [0.15, 0.2) is 43.9 Å². The van der Waals surface area contributed by atoms with E-state index in [1.807, 2.05) is 32.9 Å². The van der Waals surface area contributed by atoms with Crippen molar-refractivity contribution < 1.29 is 28.6 Å². The van der Waals surface area contributed by atoms with E-state index in [-0.39, 0.29) is 16.4 Å². The lowest BCUT2D eigenvalue weighted by molar-refractivity contribution is -0.138. The van der Waals surface area contributed by atoms with Crippen LogP contribution in [-0.2, 0) is 28.6 Å². The third-order valence-corrected chi connectivity index (χ3v) is 9.95. The van der Waals surface area contributed by atoms with E-state index in [0.717, 1.165) is 27.3 Å². The fourth-order valence-electron chi connectivity index (χ4n) is 4.05. The summed E-state index contributed by atoms with van der Waals surface area (Å²) in [4.78, 5) is 39.9. The van der Waals surface area contributed by atoms with Crippen LogP contribution in [0.5, 0.6) is 0 Å². The molecule has 4 rings (SSSR count). The fourth-order valence-corrected chi connectivity index (χ4v) is 8.80. The van der Waals surface area contributed by atoms with Gasteiger partial charge in [-0.25, -0.2) is 14.4 Å². The Bertz CT molecular complexity index is 1170. The Morgan fingerprint density at radius 3 is 2.18 bits per heavy atom. The van der Waals surface area contributed by atoms with Gasteiger partial charge in [-0.05, 0) is 45.4 Å². The van der Waals surface area contributed by atoms with Crippen LogP contribution in [0.3, 0.4) is 0 Å². The second-order valence-corrected chi connectivity index (χ2v) is 12.2. The monoisotopic (exact) mass is 519 g/mol. The zero-order valence-electron chi connectivity index (χ0n) is 19.7. The van der Waals surface area contributed by atoms with E-state index in [1.165, 1.54) is 49.5 Å². The molecule has 1 aromatic carbocycles. The van der Waals surface area contributed by atoms with Crippen molar-refractivity contribution >= 4 is 64.5 Å². The smallest absolute Gasteiger partial charge is 0.345 e. The summed E-state index contributed by atoms with van der Waals surface area (Å²) in [5.41, 5.74) is 3.40. The van der Waals surface area contributed by atoms with Gasteiger partial charge in [-0.1, -0.05) is 47.4 Å². The summed E-state index contributed by atoms with van der Waals surface area (Å²) in [6.45, 7) is 8.10. The van der Waals surface area contributed by atoms with E-state index in [2.05, 4.69) is 11.4 Å². The number of nitrogens with one attached hydrogen (secondary N) is 1. The molecule has 0 amide bonds. The number of hydrogen-bond acceptors (Lipinski definition) is 10. The van der Waals surface area contributed by atoms with E-state index in [0.29, 0.717) is 4.91 Å². The third kappa shape index (κ3) is 4.05. The summed E-state index contributed by atoms with van der Waals surface area (Å²) >= 11 is 3.75. The standard InChI is InChI=1S/C24H25NO6S3/c1-7-31-20(26)15-11-24(33-17(21(27)29-5)18(34-24)22(28)30-6)16-13-9-8-12(2)10-14(13)25-23(3,4)19(16)32-15/h8-11,25H,7H2,1-6H3. The predicted octanol–water partition coefficient (Wildman–Crippen LogP) is 4.84. The van der Waals surface area contributed by atoms with Gasteiger partial charge in [0, 0.05) is 21.7 Å². The molecule has 3 aliphatic rings. The normalized spacial score (nSPS) is 19.6. The number of benzene rings is 1. The summed E-state index contributed by atoms with van der Waals surface area (Å²) < 4.78 is 14.3. The fraction of sp³-hybridized carbons (Fsp3) is 0.375. The first-order chi connectivity index (χ1) is 16.1. The maximum atomic E-state index is 12.9. The van der Waals surface area contributed by atoms with Crippen molar-refractivity contribution in [2.75, 3.05) is 26.1 Å². The molecule has 0 saturated carbocycles. The van der Waals surface area contributed by atoms with E-state index in [1.54, 1.807) is 13.0 Å². The molecule has 0 bridgehead atoms. The lowest BCUT2D eigenvalue weighted by Crippen LogP contribution is -2.41. The minimum absolute atomic E-state index is 0.155. The number of fused-ring (bicyclic) bond motifs is 3. The minimum atomic E-state index is -0.973. The molecular formula is C24H25NO6S3. The second kappa shape index (κ2) is 9.05. The Labute approximate surface area is 211 Å². The summed E-state index contributed by atoms with van der Waals surface area (Å²) in [6.07, 6.45) is 1.80. The van der Waals surface area contributed by atoms with Gasteiger partial charge in [-0.3, -0.25) is 0 Å². The van der Waals surface area contributed by atoms with Crippen molar-refractivity contribution in [1.29, 1.82) is 0 Å². The molecule has 10 heteroatoms. The van der Waals surface area contributed by atoms with Gasteiger partial charge in [-0.2, -0.15) is 0 Å². The minimum Gasteiger partial charge on any atom is -0.465 e. The van der Waals surface area contributed by atoms with Crippen LogP contribution in [-0.4, -0.2) is 48.4 Å². The van der Waals surface area contributed by atoms with Gasteiger partial charge < -0.3 is 19.5 Å². The zero-order chi connectivity index (χ0) is 24.8. The van der Waals surface area contributed by atoms with Crippen molar-refractivity contribution in [3.63, 3.8) is 0 Å². The van der Waals surface area contributed by atoms with Crippen LogP contribution in [0.1, 0.15) is 31.9 Å². The molecule has 180 valence electrons. The largest absolute Gasteiger partial charge is 0.465 e. The lowest BCUT2D eigenvalue weighted by Gasteiger charge is -2.45. The SMILES string of the molecule is CCOC(=O)C1=CC2(SC(C(=O)OC)=C(C(=O)OC)S2)C2=C(S1)C(C)(C)Nc1cc(C)ccc12. The van der Waals surface area contributed by atoms with Crippen LogP contribution in [0, 0.1) is 6.92 Å². The molecule has 1 spiro atoms. The number of rotatable bonds is 4. The molecule has 1 aromatic rings. The maximum absolute atomic E-state index is 12.9. The van der Waals surface area contributed by atoms with Gasteiger partial charge in [0.05, 0.1) is 31.3 Å². The Kier molecular flexibility index (Phi) is 6.61. The van der Waals surface area contributed by atoms with Crippen LogP contribution >= 0.6 is 35.3 Å². The van der Waals surface area contributed by atoms with Crippen LogP contribution in [0.2, 0.25) is 0 Å². The number of ether oxygens (including phenoxy) is 3. The molecule has 0 unspecified atom stereocenters. The average Bonchev–Trinajstić information content (AvgIpc) is 3.17. The molecule has 0 aromatic heterocycles. The highest BCUT2D eigenvalue weighted by atomic mass is 32.2. The van der Waals surface area contributed by atoms with E-state index >= 15 is 0 Å². The molecule has 0 aliphatic carbocycles. The maximum Gasteiger partial charge on any atom is 0.345 e. The number of hydrogen-bond donors (Lipinski definition) is 1. The number of carbonyl (C=O) groups is 3. The highest BCUT2D eigenvalue weighted by molar-refractivity contribution is 8.26. The van der Waals surface area contributed by atoms with Crippen LogP contribution < -0.4 is 5.32 Å². The molecule has 3 heterocycles. The lowest BCUT2D eigenvalue weighted by atomic mass is 9.87. The van der Waals surface area contributed by atoms with Gasteiger partial charge in [0.2, 0.25) is 0 Å². The van der Waals surface area contributed by atoms with Crippen molar-refractivity contribution in [1.82, 2.24) is 0 Å². The number of methoxy groups -OCH3 is 2. The summed E-state index contributed by atoms with van der Waals surface area (Å²) in [5.74, 6) is -1.70. The number of esters is 3. The third-order valence-electron chi connectivity index (χ3n) is 5.50. The second-order valence-electron chi connectivity index (χ2n) is 8.35. The van der Waals surface area contributed by atoms with Crippen molar-refractivity contribution in [3.8, 4) is 0 Å². The first-order valence-corrected chi connectivity index (χ1v) is 13.0. The Hall–Kier alpha value is -2.30. The summed E-state index contributed by atoms with van der Waals surface area (Å²) in [7, 11) is 2.54. The van der Waals surface area contributed by atoms with Gasteiger partial charge in [0.25, 0.3) is 0 Å². The van der Waals surface area contributed by atoms with Gasteiger partial charge in [-0.15, -0.1) is 0 Å². The van der Waals surface area contributed by atoms with Gasteiger partial charge >= 0.3 is 17.9 Å². The number of anilines is 1. The number of carbonyl (C=O) groups excluding carboxylic acids is 3. The number of aryl methyl sites for hydroxylation is 1. The molecule has 0 saturated heterocycles. The zero-order valence-corrected chi connectivity index (χ0v) is 22.1. The highest BCUT2D eigenvalue weighted by Crippen LogP contribution is 2.67. The average molecular weight is 520 g/mol. The highest BCUT2D eigenvalue weighted by Gasteiger charge is 2.54. The van der Waals surface area contributed by atoms with Crippen molar-refractivity contribution in [2.45, 2.75) is 37.3 Å². The molecule has 1 N–H and O–H groups in total. The quantitative estimate of drug-likeness (QED) is 0.440. The summed E-state index contributed by atoms with van der Waals surface area (Å²) in [5, 5.41) is 3.59. The molecular weight excluding hydrogens is 494 g/mol. The van der Waals surface area contributed by atoms with Gasteiger partial charge in [0.1, 0.15) is 13.9 Å². The predicted molar refractivity (Wildman–Crippen MR) is 137 cm³/mol. The molecule has 3 aliphatic heterocycles. The molecule has 7 nitrogen and oxygen atoms in total. The van der Waals surface area contributed by atoms with Crippen molar-refractivity contribution in [3.05, 3.63) is 55.0 Å². The molecule has 0 fully saturated rings. The molecule has 34 heavy (non-hydrogen) atoms. The van der Waals surface area contributed by atoms with E-state index < -0.39 is 27.5 Å². The Balaban J connectivity index is 1.97. The first-order valence-electron chi connectivity index (χ1n) is 10.6. The van der Waals surface area contributed by atoms with Gasteiger partial charge in [0.15, 0.2) is 0 Å². The Morgan fingerprint density at radius 2 is 1.62 bits per heavy atom. The van der Waals surface area contributed by atoms with Crippen molar-refractivity contribution in [2.24, 2.45) is 0 Å². The van der Waals surface area contributed by atoms with Crippen LogP contribution in [0.25, 0.3) is 5.57 Å². The molecule has 0 atom stereocenters. The summed E-state index contributed by atoms with van der Waals surface area (Å²) in [6, 6.07) is 6.12. The topological polar surface area (TPSA) is 90.9 Å². The van der Waals surface area contributed by atoms with E-state index in [9.17, 15) is 14.4 Å². The first kappa shape index (κ1) is 24.8. The number of thioether (sulfide) groups is 3. The Morgan fingerprint density at radius 1 is 1.00 bits per heavy atom. The van der Waals surface area contributed by atoms with E-state index in [4.69, 9.17) is 14.2 Å². The molecule has 0 radical (unpaired) electrons. The van der Waals surface area contributed by atoms with Crippen LogP contribution in [0.4, 0.5) is 5.69 Å².